The molecule has 0 saturated carbocycles. The molecule has 0 aliphatic heterocycles. The Morgan fingerprint density at radius 3 is 2.40 bits per heavy atom. The Morgan fingerprint density at radius 2 is 1.75 bits per heavy atom. The Kier molecular flexibility index (Phi) is 4.66. The number of methoxy groups -OCH3 is 1. The normalized spacial score (nSPS) is 10.1. The van der Waals surface area contributed by atoms with Crippen LogP contribution >= 0.6 is 0 Å². The first-order valence-electron chi connectivity index (χ1n) is 6.44. The van der Waals surface area contributed by atoms with E-state index in [1.807, 2.05) is 42.5 Å². The standard InChI is InChI=1S/C17H16O3/c1-20-17(19)16-4-2-3-14(11-16)8-5-13-6-9-15(12-18)10-7-13/h2-4,6-7,9-12H,5,8H2,1H3. The second-order valence-corrected chi connectivity index (χ2v) is 4.55. The Labute approximate surface area is 118 Å². The number of esters is 1. The summed E-state index contributed by atoms with van der Waals surface area (Å²) in [6.45, 7) is 0. The van der Waals surface area contributed by atoms with E-state index in [-0.39, 0.29) is 5.97 Å². The van der Waals surface area contributed by atoms with Gasteiger partial charge in [0.25, 0.3) is 0 Å². The van der Waals surface area contributed by atoms with Gasteiger partial charge in [-0.1, -0.05) is 36.4 Å². The van der Waals surface area contributed by atoms with E-state index in [9.17, 15) is 9.59 Å². The smallest absolute Gasteiger partial charge is 0.337 e. The fraction of sp³-hybridized carbons (Fsp3) is 0.176. The molecule has 0 saturated heterocycles. The van der Waals surface area contributed by atoms with E-state index in [4.69, 9.17) is 4.74 Å². The molecule has 2 aromatic carbocycles. The topological polar surface area (TPSA) is 43.4 Å². The van der Waals surface area contributed by atoms with Crippen molar-refractivity contribution in [1.29, 1.82) is 0 Å². The van der Waals surface area contributed by atoms with Gasteiger partial charge in [0.15, 0.2) is 0 Å². The summed E-state index contributed by atoms with van der Waals surface area (Å²) in [5.74, 6) is -0.317. The maximum Gasteiger partial charge on any atom is 0.337 e. The number of carbonyl (C=O) groups excluding carboxylic acids is 2. The van der Waals surface area contributed by atoms with E-state index in [2.05, 4.69) is 0 Å². The van der Waals surface area contributed by atoms with Crippen molar-refractivity contribution in [2.24, 2.45) is 0 Å². The maximum absolute atomic E-state index is 11.5. The number of hydrogen-bond acceptors (Lipinski definition) is 3. The number of carbonyl (C=O) groups is 2. The first-order chi connectivity index (χ1) is 9.72. The summed E-state index contributed by atoms with van der Waals surface area (Å²) >= 11 is 0. The fourth-order valence-electron chi connectivity index (χ4n) is 2.02. The van der Waals surface area contributed by atoms with Crippen LogP contribution in [-0.2, 0) is 17.6 Å². The zero-order chi connectivity index (χ0) is 14.4. The Balaban J connectivity index is 2.02. The summed E-state index contributed by atoms with van der Waals surface area (Å²) in [6.07, 6.45) is 2.54. The van der Waals surface area contributed by atoms with Gasteiger partial charge in [-0.25, -0.2) is 4.79 Å². The number of ether oxygens (including phenoxy) is 1. The van der Waals surface area contributed by atoms with Crippen LogP contribution in [0.25, 0.3) is 0 Å². The molecule has 0 heterocycles. The van der Waals surface area contributed by atoms with Crippen LogP contribution in [0.5, 0.6) is 0 Å². The predicted octanol–water partition coefficient (Wildman–Crippen LogP) is 3.07. The lowest BCUT2D eigenvalue weighted by molar-refractivity contribution is 0.0600. The molecule has 2 aromatic rings. The van der Waals surface area contributed by atoms with E-state index in [0.29, 0.717) is 11.1 Å². The molecule has 0 bridgehead atoms. The van der Waals surface area contributed by atoms with Crippen molar-refractivity contribution < 1.29 is 14.3 Å². The summed E-state index contributed by atoms with van der Waals surface area (Å²) in [5, 5.41) is 0. The molecule has 0 spiro atoms. The van der Waals surface area contributed by atoms with Crippen molar-refractivity contribution in [3.63, 3.8) is 0 Å². The molecular formula is C17H16O3. The average molecular weight is 268 g/mol. The monoisotopic (exact) mass is 268 g/mol. The molecular weight excluding hydrogens is 252 g/mol. The van der Waals surface area contributed by atoms with Gasteiger partial charge in [-0.15, -0.1) is 0 Å². The minimum atomic E-state index is -0.317. The van der Waals surface area contributed by atoms with Crippen LogP contribution in [0, 0.1) is 0 Å². The highest BCUT2D eigenvalue weighted by atomic mass is 16.5. The zero-order valence-electron chi connectivity index (χ0n) is 11.3. The summed E-state index contributed by atoms with van der Waals surface area (Å²) in [6, 6.07) is 15.0. The molecule has 0 radical (unpaired) electrons. The number of benzene rings is 2. The molecule has 0 fully saturated rings. The van der Waals surface area contributed by atoms with Gasteiger partial charge in [0, 0.05) is 5.56 Å². The molecule has 3 nitrogen and oxygen atoms in total. The molecule has 2 rings (SSSR count). The Bertz CT molecular complexity index is 600. The molecule has 0 aliphatic rings. The second kappa shape index (κ2) is 6.66. The lowest BCUT2D eigenvalue weighted by atomic mass is 10.0. The summed E-state index contributed by atoms with van der Waals surface area (Å²) in [5.41, 5.74) is 3.51. The van der Waals surface area contributed by atoms with Crippen LogP contribution in [0.3, 0.4) is 0 Å². The van der Waals surface area contributed by atoms with Crippen LogP contribution in [-0.4, -0.2) is 19.4 Å². The van der Waals surface area contributed by atoms with Crippen molar-refractivity contribution in [2.75, 3.05) is 7.11 Å². The minimum absolute atomic E-state index is 0.317. The largest absolute Gasteiger partial charge is 0.465 e. The van der Waals surface area contributed by atoms with Gasteiger partial charge in [0.05, 0.1) is 12.7 Å². The minimum Gasteiger partial charge on any atom is -0.465 e. The van der Waals surface area contributed by atoms with Crippen LogP contribution in [0.4, 0.5) is 0 Å². The van der Waals surface area contributed by atoms with Gasteiger partial charge in [-0.3, -0.25) is 4.79 Å². The third-order valence-electron chi connectivity index (χ3n) is 3.17. The van der Waals surface area contributed by atoms with Crippen molar-refractivity contribution in [3.05, 3.63) is 70.8 Å². The summed E-state index contributed by atoms with van der Waals surface area (Å²) in [7, 11) is 1.38. The number of rotatable bonds is 5. The van der Waals surface area contributed by atoms with Crippen molar-refractivity contribution in [3.8, 4) is 0 Å². The number of aryl methyl sites for hydroxylation is 2. The molecule has 3 heteroatoms. The Hall–Kier alpha value is -2.42. The molecule has 20 heavy (non-hydrogen) atoms. The van der Waals surface area contributed by atoms with Crippen LogP contribution in [0.1, 0.15) is 31.8 Å². The molecule has 0 amide bonds. The van der Waals surface area contributed by atoms with Gasteiger partial charge in [-0.05, 0) is 36.1 Å². The highest BCUT2D eigenvalue weighted by Crippen LogP contribution is 2.11. The quantitative estimate of drug-likeness (QED) is 0.618. The maximum atomic E-state index is 11.5. The van der Waals surface area contributed by atoms with Gasteiger partial charge >= 0.3 is 5.97 Å². The fourth-order valence-corrected chi connectivity index (χ4v) is 2.02. The Morgan fingerprint density at radius 1 is 1.05 bits per heavy atom. The van der Waals surface area contributed by atoms with Crippen LogP contribution < -0.4 is 0 Å². The first kappa shape index (κ1) is 14.0. The predicted molar refractivity (Wildman–Crippen MR) is 77.0 cm³/mol. The van der Waals surface area contributed by atoms with Crippen LogP contribution in [0.15, 0.2) is 48.5 Å². The van der Waals surface area contributed by atoms with E-state index in [1.54, 1.807) is 6.07 Å². The third-order valence-corrected chi connectivity index (χ3v) is 3.17. The van der Waals surface area contributed by atoms with Gasteiger partial charge in [-0.2, -0.15) is 0 Å². The van der Waals surface area contributed by atoms with E-state index < -0.39 is 0 Å². The van der Waals surface area contributed by atoms with E-state index >= 15 is 0 Å². The van der Waals surface area contributed by atoms with Crippen molar-refractivity contribution in [2.45, 2.75) is 12.8 Å². The lowest BCUT2D eigenvalue weighted by Crippen LogP contribution is -2.02. The molecule has 0 unspecified atom stereocenters. The molecule has 0 atom stereocenters. The first-order valence-corrected chi connectivity index (χ1v) is 6.44. The average Bonchev–Trinajstić information content (AvgIpc) is 2.53. The summed E-state index contributed by atoms with van der Waals surface area (Å²) in [4.78, 5) is 22.0. The number of aldehydes is 1. The van der Waals surface area contributed by atoms with Gasteiger partial charge in [0.1, 0.15) is 6.29 Å². The highest BCUT2D eigenvalue weighted by molar-refractivity contribution is 5.89. The van der Waals surface area contributed by atoms with Crippen LogP contribution in [0.2, 0.25) is 0 Å². The SMILES string of the molecule is COC(=O)c1cccc(CCc2ccc(C=O)cc2)c1. The van der Waals surface area contributed by atoms with E-state index in [0.717, 1.165) is 24.7 Å². The van der Waals surface area contributed by atoms with Gasteiger partial charge in [0.2, 0.25) is 0 Å². The van der Waals surface area contributed by atoms with Crippen molar-refractivity contribution >= 4 is 12.3 Å². The van der Waals surface area contributed by atoms with Crippen molar-refractivity contribution in [1.82, 2.24) is 0 Å². The second-order valence-electron chi connectivity index (χ2n) is 4.55. The summed E-state index contributed by atoms with van der Waals surface area (Å²) < 4.78 is 4.71. The zero-order valence-corrected chi connectivity index (χ0v) is 11.3. The molecule has 0 aromatic heterocycles. The highest BCUT2D eigenvalue weighted by Gasteiger charge is 2.05. The lowest BCUT2D eigenvalue weighted by Gasteiger charge is -2.05. The van der Waals surface area contributed by atoms with Gasteiger partial charge < -0.3 is 4.74 Å². The third kappa shape index (κ3) is 3.54. The van der Waals surface area contributed by atoms with E-state index in [1.165, 1.54) is 12.7 Å². The number of hydrogen-bond donors (Lipinski definition) is 0. The molecule has 102 valence electrons. The molecule has 0 N–H and O–H groups in total. The molecule has 0 aliphatic carbocycles.